The second kappa shape index (κ2) is 5.18. The van der Waals surface area contributed by atoms with Crippen LogP contribution in [0.1, 0.15) is 11.1 Å². The highest BCUT2D eigenvalue weighted by Crippen LogP contribution is 2.34. The van der Waals surface area contributed by atoms with Crippen molar-refractivity contribution in [3.8, 4) is 0 Å². The number of benzene rings is 2. The summed E-state index contributed by atoms with van der Waals surface area (Å²) in [4.78, 5) is 0. The van der Waals surface area contributed by atoms with Crippen molar-refractivity contribution >= 4 is 33.8 Å². The Hall–Kier alpha value is -2.17. The highest BCUT2D eigenvalue weighted by Gasteiger charge is 2.16. The summed E-state index contributed by atoms with van der Waals surface area (Å²) in [5.74, 6) is 0. The van der Waals surface area contributed by atoms with Gasteiger partial charge in [0.25, 0.3) is 0 Å². The molecule has 0 atom stereocenters. The second-order valence-corrected chi connectivity index (χ2v) is 6.89. The summed E-state index contributed by atoms with van der Waals surface area (Å²) in [6, 6.07) is 16.8. The van der Waals surface area contributed by atoms with Crippen molar-refractivity contribution in [2.24, 2.45) is 0 Å². The van der Waals surface area contributed by atoms with Crippen LogP contribution in [0.25, 0.3) is 21.9 Å². The van der Waals surface area contributed by atoms with E-state index in [0.717, 1.165) is 35.6 Å². The van der Waals surface area contributed by atoms with E-state index in [-0.39, 0.29) is 0 Å². The molecule has 1 N–H and O–H groups in total. The van der Waals surface area contributed by atoms with Gasteiger partial charge in [-0.2, -0.15) is 0 Å². The molecule has 4 heteroatoms. The first-order chi connectivity index (χ1) is 11.4. The summed E-state index contributed by atoms with van der Waals surface area (Å²) in [6.07, 6.45) is 3.33. The van der Waals surface area contributed by atoms with Gasteiger partial charge in [-0.1, -0.05) is 30.3 Å². The quantitative estimate of drug-likeness (QED) is 0.586. The lowest BCUT2D eigenvalue weighted by atomic mass is 10.1. The van der Waals surface area contributed by atoms with Crippen molar-refractivity contribution in [1.29, 1.82) is 0 Å². The van der Waals surface area contributed by atoms with Gasteiger partial charge in [-0.15, -0.1) is 0 Å². The van der Waals surface area contributed by atoms with E-state index in [4.69, 9.17) is 4.42 Å². The van der Waals surface area contributed by atoms with Gasteiger partial charge in [-0.3, -0.25) is 3.97 Å². The van der Waals surface area contributed by atoms with Crippen molar-refractivity contribution < 1.29 is 4.42 Å². The van der Waals surface area contributed by atoms with Crippen LogP contribution in [0.4, 0.5) is 0 Å². The van der Waals surface area contributed by atoms with Crippen molar-refractivity contribution in [2.45, 2.75) is 18.1 Å². The molecule has 0 unspecified atom stereocenters. The highest BCUT2D eigenvalue weighted by molar-refractivity contribution is 7.97. The predicted molar refractivity (Wildman–Crippen MR) is 94.8 cm³/mol. The zero-order chi connectivity index (χ0) is 15.2. The minimum Gasteiger partial charge on any atom is -0.448 e. The molecular formula is C19H16N2OS. The standard InChI is InChI=1S/C19H16N2OS/c1-2-7-17-13(4-1)10-18(22-17)23-21-12-15-8-9-20-11-14-5-3-6-16(21)19(14)15/h1-7,10,12,20H,8-9,11H2. The molecule has 2 aromatic carbocycles. The molecule has 0 fully saturated rings. The van der Waals surface area contributed by atoms with E-state index in [0.29, 0.717) is 0 Å². The first kappa shape index (κ1) is 13.3. The molecule has 0 bridgehead atoms. The third-order valence-electron chi connectivity index (χ3n) is 4.44. The number of nitrogens with zero attached hydrogens (tertiary/aromatic N) is 1. The van der Waals surface area contributed by atoms with E-state index in [1.807, 2.05) is 18.2 Å². The molecule has 2 aromatic heterocycles. The molecule has 5 rings (SSSR count). The predicted octanol–water partition coefficient (Wildman–Crippen LogP) is 4.59. The lowest BCUT2D eigenvalue weighted by molar-refractivity contribution is 0.514. The first-order valence-electron chi connectivity index (χ1n) is 7.88. The number of nitrogens with one attached hydrogen (secondary N) is 1. The second-order valence-electron chi connectivity index (χ2n) is 5.91. The molecule has 114 valence electrons. The fraction of sp³-hybridized carbons (Fsp3) is 0.158. The van der Waals surface area contributed by atoms with Gasteiger partial charge in [0.1, 0.15) is 5.58 Å². The van der Waals surface area contributed by atoms with Gasteiger partial charge in [-0.05, 0) is 36.2 Å². The molecule has 0 spiro atoms. The molecule has 0 radical (unpaired) electrons. The van der Waals surface area contributed by atoms with Crippen LogP contribution in [0.15, 0.2) is 64.2 Å². The molecule has 3 heterocycles. The Labute approximate surface area is 138 Å². The number of fused-ring (bicyclic) bond motifs is 1. The fourth-order valence-electron chi connectivity index (χ4n) is 3.37. The maximum absolute atomic E-state index is 5.96. The first-order valence-corrected chi connectivity index (χ1v) is 8.65. The van der Waals surface area contributed by atoms with Crippen LogP contribution in [0, 0.1) is 0 Å². The van der Waals surface area contributed by atoms with Gasteiger partial charge in [0.2, 0.25) is 0 Å². The fourth-order valence-corrected chi connectivity index (χ4v) is 4.31. The monoisotopic (exact) mass is 320 g/mol. The molecule has 0 amide bonds. The largest absolute Gasteiger partial charge is 0.448 e. The van der Waals surface area contributed by atoms with Gasteiger partial charge < -0.3 is 9.73 Å². The summed E-state index contributed by atoms with van der Waals surface area (Å²) in [6.45, 7) is 1.98. The summed E-state index contributed by atoms with van der Waals surface area (Å²) in [7, 11) is 0. The Morgan fingerprint density at radius 3 is 2.96 bits per heavy atom. The third-order valence-corrected chi connectivity index (χ3v) is 5.32. The van der Waals surface area contributed by atoms with Gasteiger partial charge in [0.05, 0.1) is 5.52 Å². The van der Waals surface area contributed by atoms with E-state index in [9.17, 15) is 0 Å². The maximum atomic E-state index is 5.96. The Morgan fingerprint density at radius 2 is 2.00 bits per heavy atom. The molecule has 23 heavy (non-hydrogen) atoms. The molecule has 0 aliphatic carbocycles. The Bertz CT molecular complexity index is 982. The summed E-state index contributed by atoms with van der Waals surface area (Å²) < 4.78 is 8.21. The van der Waals surface area contributed by atoms with Crippen LogP contribution in [0.2, 0.25) is 0 Å². The summed E-state index contributed by atoms with van der Waals surface area (Å²) >= 11 is 1.65. The molecule has 3 nitrogen and oxygen atoms in total. The van der Waals surface area contributed by atoms with Crippen LogP contribution in [-0.4, -0.2) is 10.5 Å². The zero-order valence-corrected chi connectivity index (χ0v) is 13.4. The third kappa shape index (κ3) is 2.18. The van der Waals surface area contributed by atoms with Crippen LogP contribution in [-0.2, 0) is 13.0 Å². The summed E-state index contributed by atoms with van der Waals surface area (Å²) in [5, 5.41) is 6.97. The van der Waals surface area contributed by atoms with Gasteiger partial charge in [0.15, 0.2) is 5.09 Å². The molecule has 4 aromatic rings. The van der Waals surface area contributed by atoms with Crippen LogP contribution < -0.4 is 5.32 Å². The van der Waals surface area contributed by atoms with Gasteiger partial charge in [-0.25, -0.2) is 0 Å². The Morgan fingerprint density at radius 1 is 1.04 bits per heavy atom. The SMILES string of the molecule is c1ccc2oc(Sn3cc4c5c(cccc53)CNCC4)cc2c1. The Balaban J connectivity index is 1.63. The van der Waals surface area contributed by atoms with Crippen molar-refractivity contribution in [3.05, 3.63) is 65.9 Å². The summed E-state index contributed by atoms with van der Waals surface area (Å²) in [5.41, 5.74) is 5.02. The number of furan rings is 1. The van der Waals surface area contributed by atoms with Crippen molar-refractivity contribution in [1.82, 2.24) is 9.29 Å². The number of hydrogen-bond donors (Lipinski definition) is 1. The van der Waals surface area contributed by atoms with E-state index < -0.39 is 0 Å². The number of para-hydroxylation sites is 1. The normalized spacial score (nSPS) is 14.4. The molecule has 1 aliphatic rings. The number of rotatable bonds is 2. The van der Waals surface area contributed by atoms with Crippen LogP contribution >= 0.6 is 11.9 Å². The zero-order valence-electron chi connectivity index (χ0n) is 12.6. The lowest BCUT2D eigenvalue weighted by Gasteiger charge is -2.05. The average Bonchev–Trinajstić information content (AvgIpc) is 3.06. The molecule has 0 saturated carbocycles. The topological polar surface area (TPSA) is 30.1 Å². The maximum Gasteiger partial charge on any atom is 0.182 e. The Kier molecular flexibility index (Phi) is 2.99. The van der Waals surface area contributed by atoms with Crippen LogP contribution in [0.5, 0.6) is 0 Å². The molecule has 1 aliphatic heterocycles. The number of aromatic nitrogens is 1. The average molecular weight is 320 g/mol. The van der Waals surface area contributed by atoms with Crippen molar-refractivity contribution in [2.75, 3.05) is 6.54 Å². The minimum atomic E-state index is 0.926. The number of hydrogen-bond acceptors (Lipinski definition) is 3. The van der Waals surface area contributed by atoms with E-state index in [2.05, 4.69) is 45.8 Å². The van der Waals surface area contributed by atoms with Gasteiger partial charge in [0, 0.05) is 41.5 Å². The lowest BCUT2D eigenvalue weighted by Crippen LogP contribution is -2.13. The van der Waals surface area contributed by atoms with Crippen molar-refractivity contribution in [3.63, 3.8) is 0 Å². The van der Waals surface area contributed by atoms with Gasteiger partial charge >= 0.3 is 0 Å². The van der Waals surface area contributed by atoms with Crippen LogP contribution in [0.3, 0.4) is 0 Å². The van der Waals surface area contributed by atoms with E-state index in [1.165, 1.54) is 22.0 Å². The molecular weight excluding hydrogens is 304 g/mol. The van der Waals surface area contributed by atoms with E-state index >= 15 is 0 Å². The smallest absolute Gasteiger partial charge is 0.182 e. The molecule has 0 saturated heterocycles. The van der Waals surface area contributed by atoms with E-state index in [1.54, 1.807) is 11.9 Å². The minimum absolute atomic E-state index is 0.926. The highest BCUT2D eigenvalue weighted by atomic mass is 32.2.